The molecule has 0 spiro atoms. The molecule has 0 aliphatic heterocycles. The first-order valence-corrected chi connectivity index (χ1v) is 6.18. The first-order valence-electron chi connectivity index (χ1n) is 6.18. The summed E-state index contributed by atoms with van der Waals surface area (Å²) in [5.74, 6) is -0.0915. The van der Waals surface area contributed by atoms with E-state index in [0.29, 0.717) is 0 Å². The SMILES string of the molecule is CC/C(=N/NC(=O)c1ccco1)c1ccc(C)cc1. The molecule has 2 aromatic rings. The molecule has 0 fully saturated rings. The molecule has 19 heavy (non-hydrogen) atoms. The van der Waals surface area contributed by atoms with Crippen LogP contribution < -0.4 is 5.43 Å². The van der Waals surface area contributed by atoms with E-state index in [0.717, 1.165) is 17.7 Å². The van der Waals surface area contributed by atoms with Gasteiger partial charge >= 0.3 is 5.91 Å². The van der Waals surface area contributed by atoms with Crippen LogP contribution in [0.3, 0.4) is 0 Å². The predicted octanol–water partition coefficient (Wildman–Crippen LogP) is 3.13. The highest BCUT2D eigenvalue weighted by molar-refractivity contribution is 6.01. The molecule has 0 aliphatic rings. The van der Waals surface area contributed by atoms with Crippen LogP contribution in [0.25, 0.3) is 0 Å². The number of nitrogens with one attached hydrogen (secondary N) is 1. The van der Waals surface area contributed by atoms with Gasteiger partial charge in [-0.1, -0.05) is 36.8 Å². The molecule has 98 valence electrons. The van der Waals surface area contributed by atoms with E-state index in [4.69, 9.17) is 4.42 Å². The van der Waals surface area contributed by atoms with Crippen LogP contribution in [-0.2, 0) is 0 Å². The van der Waals surface area contributed by atoms with Crippen molar-refractivity contribution < 1.29 is 9.21 Å². The molecular weight excluding hydrogens is 240 g/mol. The highest BCUT2D eigenvalue weighted by Gasteiger charge is 2.08. The van der Waals surface area contributed by atoms with Crippen LogP contribution >= 0.6 is 0 Å². The fraction of sp³-hybridized carbons (Fsp3) is 0.200. The molecule has 1 amide bonds. The first-order chi connectivity index (χ1) is 9.20. The quantitative estimate of drug-likeness (QED) is 0.675. The van der Waals surface area contributed by atoms with Gasteiger partial charge in [0.05, 0.1) is 12.0 Å². The van der Waals surface area contributed by atoms with Gasteiger partial charge in [-0.2, -0.15) is 5.10 Å². The molecule has 1 aromatic carbocycles. The second-order valence-electron chi connectivity index (χ2n) is 4.20. The molecule has 1 aromatic heterocycles. The van der Waals surface area contributed by atoms with Gasteiger partial charge in [0.2, 0.25) is 0 Å². The summed E-state index contributed by atoms with van der Waals surface area (Å²) in [6, 6.07) is 11.3. The van der Waals surface area contributed by atoms with Crippen LogP contribution in [0.15, 0.2) is 52.2 Å². The Balaban J connectivity index is 2.11. The number of carbonyl (C=O) groups excluding carboxylic acids is 1. The number of furan rings is 1. The minimum atomic E-state index is -0.344. The highest BCUT2D eigenvalue weighted by atomic mass is 16.3. The number of aryl methyl sites for hydroxylation is 1. The van der Waals surface area contributed by atoms with E-state index in [2.05, 4.69) is 10.5 Å². The van der Waals surface area contributed by atoms with Crippen molar-refractivity contribution in [2.45, 2.75) is 20.3 Å². The molecule has 2 rings (SSSR count). The summed E-state index contributed by atoms with van der Waals surface area (Å²) in [6.07, 6.45) is 2.20. The summed E-state index contributed by atoms with van der Waals surface area (Å²) >= 11 is 0. The van der Waals surface area contributed by atoms with Crippen molar-refractivity contribution in [3.05, 3.63) is 59.5 Å². The third kappa shape index (κ3) is 3.31. The average molecular weight is 256 g/mol. The Labute approximate surface area is 112 Å². The monoisotopic (exact) mass is 256 g/mol. The molecule has 0 atom stereocenters. The van der Waals surface area contributed by atoms with Crippen molar-refractivity contribution in [3.63, 3.8) is 0 Å². The third-order valence-corrected chi connectivity index (χ3v) is 2.76. The Morgan fingerprint density at radius 3 is 2.58 bits per heavy atom. The molecule has 0 saturated heterocycles. The number of nitrogens with zero attached hydrogens (tertiary/aromatic N) is 1. The zero-order valence-corrected chi connectivity index (χ0v) is 11.0. The van der Waals surface area contributed by atoms with E-state index >= 15 is 0 Å². The summed E-state index contributed by atoms with van der Waals surface area (Å²) in [7, 11) is 0. The molecule has 0 bridgehead atoms. The summed E-state index contributed by atoms with van der Waals surface area (Å²) in [4.78, 5) is 11.7. The van der Waals surface area contributed by atoms with Gasteiger partial charge < -0.3 is 4.42 Å². The maximum atomic E-state index is 11.7. The minimum Gasteiger partial charge on any atom is -0.459 e. The van der Waals surface area contributed by atoms with Crippen LogP contribution in [-0.4, -0.2) is 11.6 Å². The standard InChI is InChI=1S/C15H16N2O2/c1-3-13(12-8-6-11(2)7-9-12)16-17-15(18)14-5-4-10-19-14/h4-10H,3H2,1-2H3,(H,17,18)/b16-13-. The van der Waals surface area contributed by atoms with Crippen molar-refractivity contribution in [1.29, 1.82) is 0 Å². The minimum absolute atomic E-state index is 0.253. The van der Waals surface area contributed by atoms with Crippen LogP contribution in [0.1, 0.15) is 35.0 Å². The van der Waals surface area contributed by atoms with Crippen LogP contribution in [0.4, 0.5) is 0 Å². The predicted molar refractivity (Wildman–Crippen MR) is 74.2 cm³/mol. The fourth-order valence-electron chi connectivity index (χ4n) is 1.67. The lowest BCUT2D eigenvalue weighted by atomic mass is 10.1. The molecule has 4 heteroatoms. The Bertz CT molecular complexity index is 569. The van der Waals surface area contributed by atoms with E-state index in [1.807, 2.05) is 38.1 Å². The van der Waals surface area contributed by atoms with Crippen molar-refractivity contribution >= 4 is 11.6 Å². The molecule has 0 unspecified atom stereocenters. The van der Waals surface area contributed by atoms with Gasteiger partial charge in [0.25, 0.3) is 0 Å². The molecule has 1 N–H and O–H groups in total. The number of benzene rings is 1. The van der Waals surface area contributed by atoms with E-state index in [9.17, 15) is 4.79 Å². The van der Waals surface area contributed by atoms with Gasteiger partial charge in [-0.15, -0.1) is 0 Å². The number of rotatable bonds is 4. The lowest BCUT2D eigenvalue weighted by molar-refractivity contribution is 0.0927. The number of carbonyl (C=O) groups is 1. The van der Waals surface area contributed by atoms with Crippen molar-refractivity contribution in [2.75, 3.05) is 0 Å². The van der Waals surface area contributed by atoms with Gasteiger partial charge in [-0.3, -0.25) is 4.79 Å². The summed E-state index contributed by atoms with van der Waals surface area (Å²) in [6.45, 7) is 4.03. The van der Waals surface area contributed by atoms with E-state index in [-0.39, 0.29) is 11.7 Å². The van der Waals surface area contributed by atoms with Crippen LogP contribution in [0.2, 0.25) is 0 Å². The van der Waals surface area contributed by atoms with Gasteiger partial charge in [-0.25, -0.2) is 5.43 Å². The topological polar surface area (TPSA) is 54.6 Å². The van der Waals surface area contributed by atoms with E-state index < -0.39 is 0 Å². The number of amides is 1. The second-order valence-corrected chi connectivity index (χ2v) is 4.20. The largest absolute Gasteiger partial charge is 0.459 e. The summed E-state index contributed by atoms with van der Waals surface area (Å²) < 4.78 is 5.00. The average Bonchev–Trinajstić information content (AvgIpc) is 2.95. The lowest BCUT2D eigenvalue weighted by Gasteiger charge is -2.05. The molecule has 4 nitrogen and oxygen atoms in total. The number of hydrogen-bond acceptors (Lipinski definition) is 3. The zero-order chi connectivity index (χ0) is 13.7. The van der Waals surface area contributed by atoms with Crippen LogP contribution in [0.5, 0.6) is 0 Å². The Kier molecular flexibility index (Phi) is 4.13. The van der Waals surface area contributed by atoms with Gasteiger partial charge in [-0.05, 0) is 31.0 Å². The molecule has 0 saturated carbocycles. The van der Waals surface area contributed by atoms with Crippen molar-refractivity contribution in [2.24, 2.45) is 5.10 Å². The summed E-state index contributed by atoms with van der Waals surface area (Å²) in [5, 5.41) is 4.16. The van der Waals surface area contributed by atoms with Gasteiger partial charge in [0.15, 0.2) is 5.76 Å². The molecular formula is C15H16N2O2. The third-order valence-electron chi connectivity index (χ3n) is 2.76. The fourth-order valence-corrected chi connectivity index (χ4v) is 1.67. The maximum absolute atomic E-state index is 11.7. The zero-order valence-electron chi connectivity index (χ0n) is 11.0. The maximum Gasteiger partial charge on any atom is 0.307 e. The van der Waals surface area contributed by atoms with Gasteiger partial charge in [0, 0.05) is 0 Å². The Hall–Kier alpha value is -2.36. The normalized spacial score (nSPS) is 11.4. The highest BCUT2D eigenvalue weighted by Crippen LogP contribution is 2.07. The number of hydrogen-bond donors (Lipinski definition) is 1. The smallest absolute Gasteiger partial charge is 0.307 e. The van der Waals surface area contributed by atoms with Crippen molar-refractivity contribution in [3.8, 4) is 0 Å². The van der Waals surface area contributed by atoms with E-state index in [1.165, 1.54) is 11.8 Å². The van der Waals surface area contributed by atoms with E-state index in [1.54, 1.807) is 12.1 Å². The van der Waals surface area contributed by atoms with Crippen molar-refractivity contribution in [1.82, 2.24) is 5.43 Å². The molecule has 0 radical (unpaired) electrons. The Morgan fingerprint density at radius 2 is 2.00 bits per heavy atom. The number of hydrazone groups is 1. The summed E-state index contributed by atoms with van der Waals surface area (Å²) in [5.41, 5.74) is 5.54. The molecule has 1 heterocycles. The van der Waals surface area contributed by atoms with Gasteiger partial charge in [0.1, 0.15) is 0 Å². The first kappa shape index (κ1) is 13.1. The molecule has 0 aliphatic carbocycles. The van der Waals surface area contributed by atoms with Crippen LogP contribution in [0, 0.1) is 6.92 Å². The Morgan fingerprint density at radius 1 is 1.26 bits per heavy atom. The lowest BCUT2D eigenvalue weighted by Crippen LogP contribution is -2.19. The second kappa shape index (κ2) is 6.00.